The van der Waals surface area contributed by atoms with Crippen LogP contribution in [0.4, 0.5) is 5.13 Å². The van der Waals surface area contributed by atoms with Crippen molar-refractivity contribution in [2.45, 2.75) is 26.2 Å². The number of rotatable bonds is 6. The van der Waals surface area contributed by atoms with Crippen LogP contribution in [0.1, 0.15) is 35.8 Å². The molecule has 1 aliphatic rings. The van der Waals surface area contributed by atoms with Crippen molar-refractivity contribution in [1.82, 2.24) is 9.88 Å². The number of hydrogen-bond donors (Lipinski definition) is 1. The van der Waals surface area contributed by atoms with Crippen LogP contribution in [-0.4, -0.2) is 47.4 Å². The Morgan fingerprint density at radius 2 is 1.93 bits per heavy atom. The van der Waals surface area contributed by atoms with E-state index in [9.17, 15) is 14.4 Å². The highest BCUT2D eigenvalue weighted by Crippen LogP contribution is 2.22. The van der Waals surface area contributed by atoms with Crippen molar-refractivity contribution >= 4 is 34.3 Å². The van der Waals surface area contributed by atoms with Crippen LogP contribution in [0, 0.1) is 5.92 Å². The first-order valence-corrected chi connectivity index (χ1v) is 10.2. The van der Waals surface area contributed by atoms with Gasteiger partial charge in [-0.05, 0) is 25.3 Å². The number of nitrogens with zero attached hydrogens (tertiary/aromatic N) is 2. The fourth-order valence-electron chi connectivity index (χ4n) is 3.11. The second-order valence-electron chi connectivity index (χ2n) is 6.57. The summed E-state index contributed by atoms with van der Waals surface area (Å²) in [6.07, 6.45) is 1.44. The van der Waals surface area contributed by atoms with Gasteiger partial charge in [0.1, 0.15) is 5.69 Å². The maximum absolute atomic E-state index is 12.6. The van der Waals surface area contributed by atoms with Gasteiger partial charge in [-0.25, -0.2) is 4.98 Å². The monoisotopic (exact) mass is 401 g/mol. The highest BCUT2D eigenvalue weighted by Gasteiger charge is 2.29. The Morgan fingerprint density at radius 3 is 2.61 bits per heavy atom. The molecule has 2 amide bonds. The second-order valence-corrected chi connectivity index (χ2v) is 7.43. The largest absolute Gasteiger partial charge is 0.466 e. The van der Waals surface area contributed by atoms with E-state index in [2.05, 4.69) is 10.3 Å². The van der Waals surface area contributed by atoms with E-state index in [0.29, 0.717) is 43.4 Å². The average Bonchev–Trinajstić information content (AvgIpc) is 3.16. The van der Waals surface area contributed by atoms with Crippen LogP contribution in [0.15, 0.2) is 35.7 Å². The average molecular weight is 401 g/mol. The molecule has 1 aromatic carbocycles. The number of anilines is 1. The van der Waals surface area contributed by atoms with E-state index in [4.69, 9.17) is 4.74 Å². The number of likely N-dealkylation sites (tertiary alicyclic amines) is 1. The highest BCUT2D eigenvalue weighted by atomic mass is 32.1. The van der Waals surface area contributed by atoms with Gasteiger partial charge >= 0.3 is 5.97 Å². The van der Waals surface area contributed by atoms with E-state index < -0.39 is 0 Å². The molecule has 0 atom stereocenters. The lowest BCUT2D eigenvalue weighted by Crippen LogP contribution is -2.40. The van der Waals surface area contributed by atoms with E-state index in [0.717, 1.165) is 5.56 Å². The SMILES string of the molecule is CCOC(=O)C1CCN(C(=O)c2csc(NC(=O)Cc3ccccc3)n2)CC1. The Kier molecular flexibility index (Phi) is 6.76. The number of carbonyl (C=O) groups excluding carboxylic acids is 3. The molecule has 0 spiro atoms. The van der Waals surface area contributed by atoms with Gasteiger partial charge in [0.2, 0.25) is 5.91 Å². The minimum Gasteiger partial charge on any atom is -0.466 e. The first kappa shape index (κ1) is 20.0. The number of carbonyl (C=O) groups is 3. The van der Waals surface area contributed by atoms with Gasteiger partial charge in [-0.1, -0.05) is 30.3 Å². The van der Waals surface area contributed by atoms with Gasteiger partial charge in [0.25, 0.3) is 5.91 Å². The molecule has 7 nitrogen and oxygen atoms in total. The number of hydrogen-bond acceptors (Lipinski definition) is 6. The van der Waals surface area contributed by atoms with Crippen molar-refractivity contribution in [2.24, 2.45) is 5.92 Å². The molecule has 2 aromatic rings. The van der Waals surface area contributed by atoms with Crippen molar-refractivity contribution in [3.8, 4) is 0 Å². The van der Waals surface area contributed by atoms with Crippen molar-refractivity contribution in [1.29, 1.82) is 0 Å². The lowest BCUT2D eigenvalue weighted by molar-refractivity contribution is -0.149. The van der Waals surface area contributed by atoms with Crippen LogP contribution in [0.5, 0.6) is 0 Å². The van der Waals surface area contributed by atoms with E-state index in [1.54, 1.807) is 17.2 Å². The summed E-state index contributed by atoms with van der Waals surface area (Å²) in [6.45, 7) is 3.15. The van der Waals surface area contributed by atoms with Crippen molar-refractivity contribution in [3.05, 3.63) is 47.0 Å². The number of aromatic nitrogens is 1. The smallest absolute Gasteiger partial charge is 0.309 e. The minimum absolute atomic E-state index is 0.146. The predicted octanol–water partition coefficient (Wildman–Crippen LogP) is 2.74. The summed E-state index contributed by atoms with van der Waals surface area (Å²) in [4.78, 5) is 42.5. The molecule has 28 heavy (non-hydrogen) atoms. The van der Waals surface area contributed by atoms with E-state index >= 15 is 0 Å². The van der Waals surface area contributed by atoms with E-state index in [1.807, 2.05) is 30.3 Å². The molecule has 8 heteroatoms. The summed E-state index contributed by atoms with van der Waals surface area (Å²) >= 11 is 1.23. The summed E-state index contributed by atoms with van der Waals surface area (Å²) < 4.78 is 5.05. The Labute approximate surface area is 167 Å². The fraction of sp³-hybridized carbons (Fsp3) is 0.400. The van der Waals surface area contributed by atoms with Gasteiger partial charge in [0.05, 0.1) is 18.9 Å². The molecule has 0 aliphatic carbocycles. The summed E-state index contributed by atoms with van der Waals surface area (Å²) in [5, 5.41) is 4.80. The third-order valence-corrected chi connectivity index (χ3v) is 5.34. The fourth-order valence-corrected chi connectivity index (χ4v) is 3.82. The number of esters is 1. The molecule has 0 unspecified atom stereocenters. The Morgan fingerprint density at radius 1 is 1.21 bits per heavy atom. The van der Waals surface area contributed by atoms with Gasteiger partial charge in [-0.15, -0.1) is 11.3 Å². The standard InChI is InChI=1S/C20H23N3O4S/c1-2-27-19(26)15-8-10-23(11-9-15)18(25)16-13-28-20(21-16)22-17(24)12-14-6-4-3-5-7-14/h3-7,13,15H,2,8-12H2,1H3,(H,21,22,24). The molecule has 148 valence electrons. The number of piperidine rings is 1. The van der Waals surface area contributed by atoms with Crippen LogP contribution in [0.25, 0.3) is 0 Å². The lowest BCUT2D eigenvalue weighted by Gasteiger charge is -2.30. The number of nitrogens with one attached hydrogen (secondary N) is 1. The lowest BCUT2D eigenvalue weighted by atomic mass is 9.97. The third kappa shape index (κ3) is 5.16. The molecular formula is C20H23N3O4S. The van der Waals surface area contributed by atoms with Crippen LogP contribution in [-0.2, 0) is 20.7 Å². The van der Waals surface area contributed by atoms with Gasteiger partial charge < -0.3 is 15.0 Å². The predicted molar refractivity (Wildman–Crippen MR) is 106 cm³/mol. The summed E-state index contributed by atoms with van der Waals surface area (Å²) in [5.41, 5.74) is 1.23. The van der Waals surface area contributed by atoms with Crippen molar-refractivity contribution in [3.63, 3.8) is 0 Å². The van der Waals surface area contributed by atoms with Gasteiger partial charge in [-0.2, -0.15) is 0 Å². The Bertz CT molecular complexity index is 829. The van der Waals surface area contributed by atoms with Crippen LogP contribution in [0.2, 0.25) is 0 Å². The molecule has 2 heterocycles. The van der Waals surface area contributed by atoms with Crippen LogP contribution in [0.3, 0.4) is 0 Å². The number of benzene rings is 1. The first-order chi connectivity index (χ1) is 13.6. The quantitative estimate of drug-likeness (QED) is 0.752. The molecule has 3 rings (SSSR count). The number of thiazole rings is 1. The second kappa shape index (κ2) is 9.45. The highest BCUT2D eigenvalue weighted by molar-refractivity contribution is 7.14. The Balaban J connectivity index is 1.51. The van der Waals surface area contributed by atoms with Gasteiger partial charge in [0.15, 0.2) is 5.13 Å². The summed E-state index contributed by atoms with van der Waals surface area (Å²) in [6, 6.07) is 9.43. The molecule has 0 bridgehead atoms. The molecule has 1 fully saturated rings. The molecule has 1 aromatic heterocycles. The maximum atomic E-state index is 12.6. The Hall–Kier alpha value is -2.74. The molecule has 1 aliphatic heterocycles. The van der Waals surface area contributed by atoms with Crippen LogP contribution < -0.4 is 5.32 Å². The van der Waals surface area contributed by atoms with E-state index in [1.165, 1.54) is 11.3 Å². The summed E-state index contributed by atoms with van der Waals surface area (Å²) in [5.74, 6) is -0.684. The molecular weight excluding hydrogens is 378 g/mol. The third-order valence-electron chi connectivity index (χ3n) is 4.58. The zero-order valence-electron chi connectivity index (χ0n) is 15.7. The number of ether oxygens (including phenoxy) is 1. The zero-order valence-corrected chi connectivity index (χ0v) is 16.5. The first-order valence-electron chi connectivity index (χ1n) is 9.32. The number of amides is 2. The summed E-state index contributed by atoms with van der Waals surface area (Å²) in [7, 11) is 0. The zero-order chi connectivity index (χ0) is 19.9. The van der Waals surface area contributed by atoms with E-state index in [-0.39, 0.29) is 30.1 Å². The maximum Gasteiger partial charge on any atom is 0.309 e. The topological polar surface area (TPSA) is 88.6 Å². The van der Waals surface area contributed by atoms with Crippen LogP contribution >= 0.6 is 11.3 Å². The van der Waals surface area contributed by atoms with Gasteiger partial charge in [0, 0.05) is 18.5 Å². The van der Waals surface area contributed by atoms with Crippen molar-refractivity contribution in [2.75, 3.05) is 25.0 Å². The minimum atomic E-state index is -0.188. The molecule has 0 radical (unpaired) electrons. The molecule has 1 saturated heterocycles. The van der Waals surface area contributed by atoms with Gasteiger partial charge in [-0.3, -0.25) is 14.4 Å². The normalized spacial score (nSPS) is 14.5. The molecule has 1 N–H and O–H groups in total. The van der Waals surface area contributed by atoms with Crippen molar-refractivity contribution < 1.29 is 19.1 Å². The molecule has 0 saturated carbocycles.